The molecule has 0 saturated carbocycles. The lowest BCUT2D eigenvalue weighted by Crippen LogP contribution is -2.33. The molecule has 1 amide bonds. The molecule has 3 aliphatic rings. The molecule has 1 atom stereocenters. The molecular weight excluding hydrogens is 753 g/mol. The number of carbonyl (C=O) groups is 2. The van der Waals surface area contributed by atoms with Gasteiger partial charge in [-0.3, -0.25) is 4.79 Å². The van der Waals surface area contributed by atoms with Gasteiger partial charge in [-0.25, -0.2) is 9.59 Å². The number of benzene rings is 3. The Kier molecular flexibility index (Phi) is 20.8. The van der Waals surface area contributed by atoms with Gasteiger partial charge in [0.1, 0.15) is 23.2 Å². The molecule has 12 heteroatoms. The quantitative estimate of drug-likeness (QED) is 0.0285. The highest BCUT2D eigenvalue weighted by Gasteiger charge is 2.22. The molecule has 2 aromatic rings. The van der Waals surface area contributed by atoms with Gasteiger partial charge in [-0.05, 0) is 110 Å². The van der Waals surface area contributed by atoms with Gasteiger partial charge >= 0.3 is 12.1 Å². The van der Waals surface area contributed by atoms with Gasteiger partial charge in [0.2, 0.25) is 0 Å². The number of thiocarbonyl (C=S) groups is 1. The number of carboxylic acid groups (broad SMARTS) is 1. The molecule has 5 rings (SSSR count). The molecule has 1 aliphatic heterocycles. The molecule has 3 N–H and O–H groups in total. The highest BCUT2D eigenvalue weighted by atomic mass is 32.1. The van der Waals surface area contributed by atoms with Gasteiger partial charge in [0, 0.05) is 58.0 Å². The zero-order valence-electron chi connectivity index (χ0n) is 35.0. The Hall–Kier alpha value is -5.63. The molecule has 1 unspecified atom stereocenters. The predicted octanol–water partition coefficient (Wildman–Crippen LogP) is 11.9. The number of phenolic OH excluding ortho intramolecular Hbond substituents is 1. The first-order valence-electron chi connectivity index (χ1n) is 19.7. The SMILES string of the molecule is C#CC(C)C.CC(C)CC(=S)Cc1ccc(-c2c3ccc(=O)cc-3oc3cc(O)ccc23)c(C(=O)O)c1.CC(C)N=[N+]=[N-].CC(C)NC(=O)OC1CC/C=C/CCC1. The molecule has 0 saturated heterocycles. The van der Waals surface area contributed by atoms with E-state index in [2.05, 4.69) is 47.3 Å². The number of fused-ring (bicyclic) bond motifs is 2. The normalized spacial score (nSPS) is 13.9. The summed E-state index contributed by atoms with van der Waals surface area (Å²) >= 11 is 5.49. The maximum absolute atomic E-state index is 12.2. The van der Waals surface area contributed by atoms with Gasteiger partial charge in [0.15, 0.2) is 5.43 Å². The lowest BCUT2D eigenvalue weighted by atomic mass is 9.89. The Morgan fingerprint density at radius 1 is 1.00 bits per heavy atom. The van der Waals surface area contributed by atoms with Crippen molar-refractivity contribution in [1.29, 1.82) is 0 Å². The van der Waals surface area contributed by atoms with Crippen molar-refractivity contribution in [1.82, 2.24) is 5.32 Å². The van der Waals surface area contributed by atoms with Crippen LogP contribution in [0.1, 0.15) is 110 Å². The van der Waals surface area contributed by atoms with Crippen LogP contribution < -0.4 is 10.7 Å². The number of terminal acetylenes is 1. The minimum absolute atomic E-state index is 0.0114. The van der Waals surface area contributed by atoms with Crippen molar-refractivity contribution < 1.29 is 29.0 Å². The summed E-state index contributed by atoms with van der Waals surface area (Å²) in [4.78, 5) is 39.0. The maximum Gasteiger partial charge on any atom is 0.407 e. The molecule has 310 valence electrons. The molecular formula is C46H58N4O7S. The first-order chi connectivity index (χ1) is 27.4. The first kappa shape index (κ1) is 48.5. The number of carboxylic acids is 1. The number of nitrogens with one attached hydrogen (secondary N) is 1. The largest absolute Gasteiger partial charge is 0.508 e. The second-order valence-electron chi connectivity index (χ2n) is 15.2. The van der Waals surface area contributed by atoms with Crippen LogP contribution in [0.15, 0.2) is 81.1 Å². The molecule has 58 heavy (non-hydrogen) atoms. The van der Waals surface area contributed by atoms with Crippen LogP contribution >= 0.6 is 12.2 Å². The number of aromatic hydroxyl groups is 1. The van der Waals surface area contributed by atoms with Crippen LogP contribution in [0.25, 0.3) is 43.9 Å². The third-order valence-corrected chi connectivity index (χ3v) is 8.62. The molecule has 2 aliphatic carbocycles. The molecule has 0 spiro atoms. The van der Waals surface area contributed by atoms with Crippen molar-refractivity contribution in [3.8, 4) is 40.5 Å². The van der Waals surface area contributed by atoms with Gasteiger partial charge in [-0.2, -0.15) is 0 Å². The number of rotatable bonds is 9. The third-order valence-electron chi connectivity index (χ3n) is 8.31. The number of allylic oxidation sites excluding steroid dienone is 2. The van der Waals surface area contributed by atoms with E-state index in [1.165, 1.54) is 24.3 Å². The summed E-state index contributed by atoms with van der Waals surface area (Å²) in [5, 5.41) is 26.6. The van der Waals surface area contributed by atoms with Gasteiger partial charge in [0.05, 0.1) is 5.56 Å². The number of ether oxygens (including phenoxy) is 1. The van der Waals surface area contributed by atoms with Crippen molar-refractivity contribution in [2.75, 3.05) is 0 Å². The summed E-state index contributed by atoms with van der Waals surface area (Å²) in [5.41, 5.74) is 10.6. The van der Waals surface area contributed by atoms with Gasteiger partial charge < -0.3 is 24.7 Å². The van der Waals surface area contributed by atoms with Crippen LogP contribution in [0.3, 0.4) is 0 Å². The first-order valence-corrected chi connectivity index (χ1v) is 20.1. The van der Waals surface area contributed by atoms with E-state index >= 15 is 0 Å². The number of alkyl carbamates (subject to hydrolysis) is 1. The standard InChI is InChI=1S/C26H22O5S.C12H21NO2.C5H8.C3H7N3/c1-14(2)9-18(32)10-15-3-6-19(22(11-15)26(29)30)25-20-7-4-16(27)12-23(20)31-24-13-17(28)5-8-21(24)25;1-10(2)13-12(14)15-11-8-6-4-3-5-7-9-11;1-4-5(2)3;1-3(2)5-6-4/h3-8,11-14,27H,9-10H2,1-2H3,(H,29,30);3-4,10-11H,5-9H2,1-2H3,(H,13,14);1,5H,2-3H3;3H,1-2H3/b;4-3+;;. The average Bonchev–Trinajstić information content (AvgIpc) is 3.11. The highest BCUT2D eigenvalue weighted by Crippen LogP contribution is 2.42. The van der Waals surface area contributed by atoms with Gasteiger partial charge in [0.25, 0.3) is 0 Å². The zero-order valence-corrected chi connectivity index (χ0v) is 35.8. The Bertz CT molecular complexity index is 2120. The Balaban J connectivity index is 0.000000367. The number of amides is 1. The van der Waals surface area contributed by atoms with E-state index < -0.39 is 5.97 Å². The lowest BCUT2D eigenvalue weighted by Gasteiger charge is -2.19. The van der Waals surface area contributed by atoms with Crippen LogP contribution in [0.2, 0.25) is 0 Å². The molecule has 0 bridgehead atoms. The van der Waals surface area contributed by atoms with E-state index in [1.807, 2.05) is 47.6 Å². The number of aromatic carboxylic acids is 1. The van der Waals surface area contributed by atoms with Crippen molar-refractivity contribution in [3.05, 3.63) is 98.5 Å². The summed E-state index contributed by atoms with van der Waals surface area (Å²) < 4.78 is 11.2. The van der Waals surface area contributed by atoms with Crippen molar-refractivity contribution >= 4 is 40.1 Å². The van der Waals surface area contributed by atoms with E-state index in [4.69, 9.17) is 33.3 Å². The summed E-state index contributed by atoms with van der Waals surface area (Å²) in [7, 11) is 0. The molecule has 0 aromatic heterocycles. The highest BCUT2D eigenvalue weighted by molar-refractivity contribution is 7.80. The minimum atomic E-state index is -1.06. The van der Waals surface area contributed by atoms with Crippen molar-refractivity contribution in [2.24, 2.45) is 17.0 Å². The van der Waals surface area contributed by atoms with Crippen molar-refractivity contribution in [3.63, 3.8) is 0 Å². The van der Waals surface area contributed by atoms with E-state index in [1.54, 1.807) is 24.3 Å². The Morgan fingerprint density at radius 3 is 2.26 bits per heavy atom. The summed E-state index contributed by atoms with van der Waals surface area (Å²) in [6.45, 7) is 15.7. The van der Waals surface area contributed by atoms with Crippen LogP contribution in [-0.2, 0) is 11.2 Å². The second kappa shape index (κ2) is 24.9. The van der Waals surface area contributed by atoms with Crippen LogP contribution in [0.5, 0.6) is 5.75 Å². The molecule has 11 nitrogen and oxygen atoms in total. The number of hydrogen-bond donors (Lipinski definition) is 3. The van der Waals surface area contributed by atoms with E-state index in [9.17, 15) is 24.6 Å². The lowest BCUT2D eigenvalue weighted by molar-refractivity contribution is 0.0697. The number of phenols is 1. The average molecular weight is 811 g/mol. The fourth-order valence-electron chi connectivity index (χ4n) is 5.77. The second-order valence-corrected chi connectivity index (χ2v) is 15.8. The third kappa shape index (κ3) is 17.2. The maximum atomic E-state index is 12.2. The van der Waals surface area contributed by atoms with Crippen molar-refractivity contribution in [2.45, 2.75) is 119 Å². The fourth-order valence-corrected chi connectivity index (χ4v) is 6.27. The monoisotopic (exact) mass is 810 g/mol. The zero-order chi connectivity index (χ0) is 43.4. The number of azide groups is 1. The van der Waals surface area contributed by atoms with Gasteiger partial charge in [-0.1, -0.05) is 83.2 Å². The molecule has 1 heterocycles. The molecule has 0 radical (unpaired) electrons. The number of carbonyl (C=O) groups excluding carboxylic acids is 1. The topological polar surface area (TPSA) is 175 Å². The van der Waals surface area contributed by atoms with E-state index in [0.717, 1.165) is 49.0 Å². The minimum Gasteiger partial charge on any atom is -0.508 e. The van der Waals surface area contributed by atoms with E-state index in [0.29, 0.717) is 51.7 Å². The van der Waals surface area contributed by atoms with E-state index in [-0.39, 0.29) is 41.0 Å². The summed E-state index contributed by atoms with van der Waals surface area (Å²) in [6.07, 6.45) is 15.6. The smallest absolute Gasteiger partial charge is 0.407 e. The van der Waals surface area contributed by atoms with Gasteiger partial charge in [-0.15, -0.1) is 12.3 Å². The molecule has 2 aromatic carbocycles. The number of hydrogen-bond acceptors (Lipinski definition) is 8. The Morgan fingerprint density at radius 2 is 1.67 bits per heavy atom. The van der Waals surface area contributed by atoms with Crippen LogP contribution in [0.4, 0.5) is 4.79 Å². The predicted molar refractivity (Wildman–Crippen MR) is 238 cm³/mol. The number of nitrogens with zero attached hydrogens (tertiary/aromatic N) is 3. The summed E-state index contributed by atoms with van der Waals surface area (Å²) in [5.74, 6) is 2.66. The molecule has 0 fully saturated rings. The Labute approximate surface area is 347 Å². The summed E-state index contributed by atoms with van der Waals surface area (Å²) in [6, 6.07) is 14.7. The van der Waals surface area contributed by atoms with Crippen LogP contribution in [-0.4, -0.2) is 45.3 Å². The van der Waals surface area contributed by atoms with Crippen LogP contribution in [0, 0.1) is 24.2 Å². The fraction of sp³-hybridized carbons (Fsp3) is 0.435.